The molecular formula is C23H21FN4O2. The number of benzene rings is 2. The molecule has 7 heteroatoms. The van der Waals surface area contributed by atoms with Gasteiger partial charge in [-0.05, 0) is 56.2 Å². The van der Waals surface area contributed by atoms with E-state index in [2.05, 4.69) is 10.1 Å². The molecule has 0 spiro atoms. The summed E-state index contributed by atoms with van der Waals surface area (Å²) in [5, 5.41) is 4.34. The zero-order valence-corrected chi connectivity index (χ0v) is 16.6. The minimum Gasteiger partial charge on any atom is -0.440 e. The Morgan fingerprint density at radius 2 is 1.83 bits per heavy atom. The lowest BCUT2D eigenvalue weighted by Crippen LogP contribution is -2.38. The lowest BCUT2D eigenvalue weighted by Gasteiger charge is -2.30. The smallest absolute Gasteiger partial charge is 0.257 e. The van der Waals surface area contributed by atoms with Crippen LogP contribution in [-0.4, -0.2) is 38.7 Å². The maximum Gasteiger partial charge on any atom is 0.257 e. The topological polar surface area (TPSA) is 64.2 Å². The number of carbonyl (C=O) groups excluding carboxylic acids is 1. The third kappa shape index (κ3) is 3.26. The summed E-state index contributed by atoms with van der Waals surface area (Å²) in [6.07, 6.45) is 3.21. The molecule has 152 valence electrons. The van der Waals surface area contributed by atoms with E-state index < -0.39 is 0 Å². The number of carbonyl (C=O) groups is 1. The van der Waals surface area contributed by atoms with Gasteiger partial charge >= 0.3 is 0 Å². The number of amides is 1. The SMILES string of the molecule is Cc1c(C(=O)N2CCC(c3nc4ccccc4o3)CC2)cnn1-c1ccc(F)cc1. The lowest BCUT2D eigenvalue weighted by atomic mass is 9.96. The van der Waals surface area contributed by atoms with Gasteiger partial charge in [-0.2, -0.15) is 5.10 Å². The van der Waals surface area contributed by atoms with Gasteiger partial charge in [0.15, 0.2) is 11.5 Å². The van der Waals surface area contributed by atoms with E-state index in [4.69, 9.17) is 4.42 Å². The Hall–Kier alpha value is -3.48. The van der Waals surface area contributed by atoms with Crippen LogP contribution in [0.15, 0.2) is 59.1 Å². The molecule has 0 saturated carbocycles. The molecule has 2 aromatic heterocycles. The molecule has 30 heavy (non-hydrogen) atoms. The average molecular weight is 404 g/mol. The molecule has 1 aliphatic heterocycles. The van der Waals surface area contributed by atoms with Crippen LogP contribution < -0.4 is 0 Å². The van der Waals surface area contributed by atoms with Crippen LogP contribution in [0.5, 0.6) is 0 Å². The van der Waals surface area contributed by atoms with Crippen LogP contribution in [0.1, 0.15) is 40.7 Å². The van der Waals surface area contributed by atoms with Gasteiger partial charge in [0.1, 0.15) is 11.3 Å². The largest absolute Gasteiger partial charge is 0.440 e. The molecule has 0 aliphatic carbocycles. The van der Waals surface area contributed by atoms with Gasteiger partial charge in [-0.15, -0.1) is 0 Å². The van der Waals surface area contributed by atoms with Crippen molar-refractivity contribution in [3.8, 4) is 5.69 Å². The van der Waals surface area contributed by atoms with Crippen LogP contribution in [0.25, 0.3) is 16.8 Å². The summed E-state index contributed by atoms with van der Waals surface area (Å²) >= 11 is 0. The Balaban J connectivity index is 1.29. The van der Waals surface area contributed by atoms with Crippen molar-refractivity contribution in [3.63, 3.8) is 0 Å². The number of likely N-dealkylation sites (tertiary alicyclic amines) is 1. The van der Waals surface area contributed by atoms with E-state index >= 15 is 0 Å². The molecule has 1 saturated heterocycles. The summed E-state index contributed by atoms with van der Waals surface area (Å²) in [5.41, 5.74) is 3.71. The minimum atomic E-state index is -0.304. The summed E-state index contributed by atoms with van der Waals surface area (Å²) in [6.45, 7) is 3.14. The van der Waals surface area contributed by atoms with E-state index in [1.54, 1.807) is 23.0 Å². The number of hydrogen-bond donors (Lipinski definition) is 0. The molecule has 4 aromatic rings. The molecule has 2 aromatic carbocycles. The van der Waals surface area contributed by atoms with Crippen molar-refractivity contribution in [2.75, 3.05) is 13.1 Å². The Labute approximate surface area is 172 Å². The number of hydrogen-bond acceptors (Lipinski definition) is 4. The molecule has 3 heterocycles. The Morgan fingerprint density at radius 3 is 2.57 bits per heavy atom. The predicted octanol–water partition coefficient (Wildman–Crippen LogP) is 4.48. The Morgan fingerprint density at radius 1 is 1.10 bits per heavy atom. The van der Waals surface area contributed by atoms with E-state index in [9.17, 15) is 9.18 Å². The van der Waals surface area contributed by atoms with Crippen molar-refractivity contribution in [1.82, 2.24) is 19.7 Å². The molecule has 1 aliphatic rings. The van der Waals surface area contributed by atoms with E-state index in [1.807, 2.05) is 36.1 Å². The highest BCUT2D eigenvalue weighted by molar-refractivity contribution is 5.95. The van der Waals surface area contributed by atoms with E-state index in [-0.39, 0.29) is 17.6 Å². The summed E-state index contributed by atoms with van der Waals surface area (Å²) in [7, 11) is 0. The van der Waals surface area contributed by atoms with Crippen LogP contribution in [0.2, 0.25) is 0 Å². The third-order valence-corrected chi connectivity index (χ3v) is 5.75. The van der Waals surface area contributed by atoms with Gasteiger partial charge in [0.2, 0.25) is 0 Å². The van der Waals surface area contributed by atoms with Gasteiger partial charge in [-0.3, -0.25) is 4.79 Å². The highest BCUT2D eigenvalue weighted by Crippen LogP contribution is 2.30. The van der Waals surface area contributed by atoms with Gasteiger partial charge in [0, 0.05) is 19.0 Å². The fourth-order valence-corrected chi connectivity index (χ4v) is 4.03. The molecule has 1 fully saturated rings. The Bertz CT molecular complexity index is 1170. The van der Waals surface area contributed by atoms with Crippen LogP contribution in [0.3, 0.4) is 0 Å². The number of aromatic nitrogens is 3. The summed E-state index contributed by atoms with van der Waals surface area (Å²) < 4.78 is 20.8. The highest BCUT2D eigenvalue weighted by atomic mass is 19.1. The van der Waals surface area contributed by atoms with Gasteiger partial charge < -0.3 is 9.32 Å². The van der Waals surface area contributed by atoms with Crippen molar-refractivity contribution < 1.29 is 13.6 Å². The zero-order valence-electron chi connectivity index (χ0n) is 16.6. The quantitative estimate of drug-likeness (QED) is 0.505. The van der Waals surface area contributed by atoms with Crippen molar-refractivity contribution in [1.29, 1.82) is 0 Å². The second-order valence-electron chi connectivity index (χ2n) is 7.62. The highest BCUT2D eigenvalue weighted by Gasteiger charge is 2.29. The summed E-state index contributed by atoms with van der Waals surface area (Å²) in [5.74, 6) is 0.631. The van der Waals surface area contributed by atoms with Crippen molar-refractivity contribution in [3.05, 3.63) is 77.7 Å². The van der Waals surface area contributed by atoms with Crippen molar-refractivity contribution in [2.45, 2.75) is 25.7 Å². The summed E-state index contributed by atoms with van der Waals surface area (Å²) in [6, 6.07) is 13.8. The first-order chi connectivity index (χ1) is 14.6. The van der Waals surface area contributed by atoms with Crippen LogP contribution >= 0.6 is 0 Å². The molecule has 1 amide bonds. The number of para-hydroxylation sites is 2. The predicted molar refractivity (Wildman–Crippen MR) is 110 cm³/mol. The van der Waals surface area contributed by atoms with Crippen molar-refractivity contribution in [2.24, 2.45) is 0 Å². The van der Waals surface area contributed by atoms with Gasteiger partial charge in [-0.1, -0.05) is 12.1 Å². The maximum absolute atomic E-state index is 13.2. The monoisotopic (exact) mass is 404 g/mol. The fraction of sp³-hybridized carbons (Fsp3) is 0.261. The molecule has 0 N–H and O–H groups in total. The number of halogens is 1. The zero-order chi connectivity index (χ0) is 20.7. The standard InChI is InChI=1S/C23H21FN4O2/c1-15-19(14-25-28(15)18-8-6-17(24)7-9-18)23(29)27-12-10-16(11-13-27)22-26-20-4-2-3-5-21(20)30-22/h2-9,14,16H,10-13H2,1H3. The van der Waals surface area contributed by atoms with E-state index in [0.29, 0.717) is 18.7 Å². The first-order valence-electron chi connectivity index (χ1n) is 10.1. The van der Waals surface area contributed by atoms with E-state index in [1.165, 1.54) is 12.1 Å². The third-order valence-electron chi connectivity index (χ3n) is 5.75. The van der Waals surface area contributed by atoms with Gasteiger partial charge in [0.25, 0.3) is 5.91 Å². The Kier molecular flexibility index (Phi) is 4.58. The normalized spacial score (nSPS) is 15.1. The second-order valence-corrected chi connectivity index (χ2v) is 7.62. The fourth-order valence-electron chi connectivity index (χ4n) is 4.03. The molecule has 0 radical (unpaired) electrons. The molecule has 5 rings (SSSR count). The van der Waals surface area contributed by atoms with Crippen LogP contribution in [0.4, 0.5) is 4.39 Å². The van der Waals surface area contributed by atoms with E-state index in [0.717, 1.165) is 41.2 Å². The number of rotatable bonds is 3. The number of fused-ring (bicyclic) bond motifs is 1. The summed E-state index contributed by atoms with van der Waals surface area (Å²) in [4.78, 5) is 19.5. The second kappa shape index (κ2) is 7.40. The molecular weight excluding hydrogens is 383 g/mol. The van der Waals surface area contributed by atoms with Crippen LogP contribution in [-0.2, 0) is 0 Å². The maximum atomic E-state index is 13.2. The minimum absolute atomic E-state index is 0.0307. The first-order valence-corrected chi connectivity index (χ1v) is 10.1. The van der Waals surface area contributed by atoms with Gasteiger partial charge in [-0.25, -0.2) is 14.1 Å². The number of nitrogens with zero attached hydrogens (tertiary/aromatic N) is 4. The van der Waals surface area contributed by atoms with Crippen molar-refractivity contribution >= 4 is 17.0 Å². The number of oxazole rings is 1. The molecule has 6 nitrogen and oxygen atoms in total. The molecule has 0 bridgehead atoms. The van der Waals surface area contributed by atoms with Gasteiger partial charge in [0.05, 0.1) is 23.1 Å². The lowest BCUT2D eigenvalue weighted by molar-refractivity contribution is 0.0706. The average Bonchev–Trinajstić information content (AvgIpc) is 3.38. The van der Waals surface area contributed by atoms with Crippen LogP contribution in [0, 0.1) is 12.7 Å². The number of piperidine rings is 1. The first kappa shape index (κ1) is 18.5. The molecule has 0 unspecified atom stereocenters. The molecule has 0 atom stereocenters.